The van der Waals surface area contributed by atoms with E-state index in [2.05, 4.69) is 40.9 Å². The second kappa shape index (κ2) is 7.67. The van der Waals surface area contributed by atoms with Crippen molar-refractivity contribution >= 4 is 23.3 Å². The first-order valence-corrected chi connectivity index (χ1v) is 9.48. The number of urea groups is 1. The van der Waals surface area contributed by atoms with Gasteiger partial charge in [-0.25, -0.2) is 9.31 Å². The van der Waals surface area contributed by atoms with Gasteiger partial charge in [-0.2, -0.15) is 10.1 Å². The monoisotopic (exact) mass is 411 g/mol. The van der Waals surface area contributed by atoms with E-state index in [9.17, 15) is 4.79 Å². The molecular weight excluding hydrogens is 394 g/mol. The summed E-state index contributed by atoms with van der Waals surface area (Å²) in [6.07, 6.45) is 6.76. The van der Waals surface area contributed by atoms with E-state index in [4.69, 9.17) is 0 Å². The number of anilines is 2. The Morgan fingerprint density at radius 2 is 1.97 bits per heavy atom. The van der Waals surface area contributed by atoms with Crippen LogP contribution in [0.25, 0.3) is 28.2 Å². The predicted molar refractivity (Wildman–Crippen MR) is 115 cm³/mol. The number of hydrogen-bond acceptors (Lipinski definition) is 6. The van der Waals surface area contributed by atoms with Crippen molar-refractivity contribution in [3.8, 4) is 22.5 Å². The largest absolute Gasteiger partial charge is 0.326 e. The van der Waals surface area contributed by atoms with E-state index in [1.54, 1.807) is 35.2 Å². The van der Waals surface area contributed by atoms with Gasteiger partial charge >= 0.3 is 6.03 Å². The van der Waals surface area contributed by atoms with E-state index >= 15 is 0 Å². The van der Waals surface area contributed by atoms with Gasteiger partial charge < -0.3 is 5.32 Å². The van der Waals surface area contributed by atoms with Gasteiger partial charge in [-0.05, 0) is 43.3 Å². The number of hydrogen-bond donors (Lipinski definition) is 3. The van der Waals surface area contributed by atoms with Crippen LogP contribution >= 0.6 is 0 Å². The summed E-state index contributed by atoms with van der Waals surface area (Å²) in [6.45, 7) is 1.94. The number of aromatic amines is 1. The quantitative estimate of drug-likeness (QED) is 0.415. The maximum atomic E-state index is 12.2. The average molecular weight is 411 g/mol. The fourth-order valence-corrected chi connectivity index (χ4v) is 3.18. The first kappa shape index (κ1) is 18.4. The van der Waals surface area contributed by atoms with E-state index in [-0.39, 0.29) is 5.95 Å². The molecule has 152 valence electrons. The second-order valence-corrected chi connectivity index (χ2v) is 6.80. The van der Waals surface area contributed by atoms with E-state index in [1.165, 1.54) is 0 Å². The molecule has 2 amide bonds. The molecule has 0 radical (unpaired) electrons. The van der Waals surface area contributed by atoms with Crippen molar-refractivity contribution in [2.45, 2.75) is 6.92 Å². The number of nitrogens with one attached hydrogen (secondary N) is 3. The number of amides is 2. The van der Waals surface area contributed by atoms with Crippen LogP contribution in [0.15, 0.2) is 67.3 Å². The Balaban J connectivity index is 1.41. The highest BCUT2D eigenvalue weighted by molar-refractivity contribution is 5.98. The maximum Gasteiger partial charge on any atom is 0.326 e. The highest BCUT2D eigenvalue weighted by atomic mass is 16.2. The molecule has 0 unspecified atom stereocenters. The topological polar surface area (TPSA) is 126 Å². The number of carbonyl (C=O) groups excluding carboxylic acids is 1. The Labute approximate surface area is 176 Å². The van der Waals surface area contributed by atoms with Gasteiger partial charge in [0, 0.05) is 29.2 Å². The summed E-state index contributed by atoms with van der Waals surface area (Å²) < 4.78 is 1.61. The fraction of sp³-hybridized carbons (Fsp3) is 0.0476. The number of pyridine rings is 3. The molecule has 10 nitrogen and oxygen atoms in total. The minimum atomic E-state index is -0.452. The molecule has 0 aliphatic heterocycles. The molecule has 31 heavy (non-hydrogen) atoms. The zero-order valence-corrected chi connectivity index (χ0v) is 16.4. The van der Waals surface area contributed by atoms with Crippen LogP contribution in [0.1, 0.15) is 5.69 Å². The van der Waals surface area contributed by atoms with Gasteiger partial charge in [0.1, 0.15) is 0 Å². The molecule has 0 saturated heterocycles. The minimum Gasteiger partial charge on any atom is -0.306 e. The number of rotatable bonds is 4. The van der Waals surface area contributed by atoms with E-state index in [0.717, 1.165) is 28.2 Å². The minimum absolute atomic E-state index is 0.186. The van der Waals surface area contributed by atoms with Gasteiger partial charge in [0.25, 0.3) is 5.95 Å². The van der Waals surface area contributed by atoms with Crippen LogP contribution in [-0.2, 0) is 0 Å². The van der Waals surface area contributed by atoms with Crippen LogP contribution in [0.3, 0.4) is 0 Å². The number of nitrogens with zero attached hydrogens (tertiary/aromatic N) is 6. The van der Waals surface area contributed by atoms with Gasteiger partial charge in [0.15, 0.2) is 5.65 Å². The SMILES string of the molecule is Cc1cccc(-c2[nH]ncc2-c2ccc3nc(NC(=O)Nc4cccnc4)nn3c2)n1. The highest BCUT2D eigenvalue weighted by Crippen LogP contribution is 2.29. The Bertz CT molecular complexity index is 1370. The lowest BCUT2D eigenvalue weighted by Gasteiger charge is -2.04. The second-order valence-electron chi connectivity index (χ2n) is 6.80. The van der Waals surface area contributed by atoms with Crippen LogP contribution < -0.4 is 10.6 Å². The van der Waals surface area contributed by atoms with Crippen molar-refractivity contribution in [1.82, 2.24) is 34.8 Å². The lowest BCUT2D eigenvalue weighted by atomic mass is 10.1. The molecule has 5 aromatic rings. The molecule has 5 rings (SSSR count). The predicted octanol–water partition coefficient (Wildman–Crippen LogP) is 3.53. The van der Waals surface area contributed by atoms with Gasteiger partial charge in [-0.1, -0.05) is 6.07 Å². The summed E-state index contributed by atoms with van der Waals surface area (Å²) in [5.74, 6) is 0.186. The number of fused-ring (bicyclic) bond motifs is 1. The summed E-state index contributed by atoms with van der Waals surface area (Å²) in [5, 5.41) is 16.9. The van der Waals surface area contributed by atoms with E-state index in [0.29, 0.717) is 11.3 Å². The number of aryl methyl sites for hydroxylation is 1. The summed E-state index contributed by atoms with van der Waals surface area (Å²) in [4.78, 5) is 25.0. The Kier molecular flexibility index (Phi) is 4.56. The molecule has 0 bridgehead atoms. The standard InChI is InChI=1S/C21H17N9O/c1-13-4-2-6-17(24-13)19-16(11-23-28-19)14-7-8-18-26-20(29-30(18)12-14)27-21(31)25-15-5-3-9-22-10-15/h2-12H,1H3,(H,23,28)(H2,25,27,29,31). The average Bonchev–Trinajstić information content (AvgIpc) is 3.40. The zero-order valence-electron chi connectivity index (χ0n) is 16.4. The molecule has 5 heterocycles. The number of H-pyrrole nitrogens is 1. The maximum absolute atomic E-state index is 12.2. The summed E-state index contributed by atoms with van der Waals surface area (Å²) in [7, 11) is 0. The molecule has 0 aliphatic carbocycles. The molecule has 3 N–H and O–H groups in total. The molecule has 0 aromatic carbocycles. The zero-order chi connectivity index (χ0) is 21.2. The third-order valence-corrected chi connectivity index (χ3v) is 4.57. The van der Waals surface area contributed by atoms with Gasteiger partial charge in [0.2, 0.25) is 0 Å². The lowest BCUT2D eigenvalue weighted by Crippen LogP contribution is -2.20. The van der Waals surface area contributed by atoms with E-state index in [1.807, 2.05) is 43.5 Å². The Morgan fingerprint density at radius 3 is 2.81 bits per heavy atom. The molecule has 0 spiro atoms. The van der Waals surface area contributed by atoms with Gasteiger partial charge in [0.05, 0.1) is 29.5 Å². The first-order chi connectivity index (χ1) is 15.2. The summed E-state index contributed by atoms with van der Waals surface area (Å²) >= 11 is 0. The van der Waals surface area contributed by atoms with Crippen molar-refractivity contribution in [2.75, 3.05) is 10.6 Å². The lowest BCUT2D eigenvalue weighted by molar-refractivity contribution is 0.262. The van der Waals surface area contributed by atoms with E-state index < -0.39 is 6.03 Å². The van der Waals surface area contributed by atoms with Crippen molar-refractivity contribution in [3.05, 3.63) is 72.9 Å². The molecular formula is C21H17N9O. The van der Waals surface area contributed by atoms with Crippen molar-refractivity contribution in [3.63, 3.8) is 0 Å². The van der Waals surface area contributed by atoms with Crippen molar-refractivity contribution in [1.29, 1.82) is 0 Å². The fourth-order valence-electron chi connectivity index (χ4n) is 3.18. The van der Waals surface area contributed by atoms with Crippen molar-refractivity contribution < 1.29 is 4.79 Å². The van der Waals surface area contributed by atoms with Crippen LogP contribution in [0.4, 0.5) is 16.4 Å². The van der Waals surface area contributed by atoms with Gasteiger partial charge in [-0.3, -0.25) is 20.4 Å². The summed E-state index contributed by atoms with van der Waals surface area (Å²) in [6, 6.07) is 12.6. The normalized spacial score (nSPS) is 10.9. The van der Waals surface area contributed by atoms with Crippen LogP contribution in [0.5, 0.6) is 0 Å². The van der Waals surface area contributed by atoms with Crippen molar-refractivity contribution in [2.24, 2.45) is 0 Å². The molecule has 0 saturated carbocycles. The number of carbonyl (C=O) groups is 1. The number of aromatic nitrogens is 7. The smallest absolute Gasteiger partial charge is 0.306 e. The third-order valence-electron chi connectivity index (χ3n) is 4.57. The molecule has 5 aromatic heterocycles. The third kappa shape index (κ3) is 3.81. The molecule has 0 atom stereocenters. The Hall–Kier alpha value is -4.60. The highest BCUT2D eigenvalue weighted by Gasteiger charge is 2.14. The molecule has 10 heteroatoms. The van der Waals surface area contributed by atoms with Crippen LogP contribution in [0.2, 0.25) is 0 Å². The molecule has 0 fully saturated rings. The summed E-state index contributed by atoms with van der Waals surface area (Å²) in [5.41, 5.74) is 5.49. The van der Waals surface area contributed by atoms with Gasteiger partial charge in [-0.15, -0.1) is 5.10 Å². The van der Waals surface area contributed by atoms with Crippen LogP contribution in [0, 0.1) is 6.92 Å². The van der Waals surface area contributed by atoms with Crippen LogP contribution in [-0.4, -0.2) is 40.8 Å². The molecule has 0 aliphatic rings. The first-order valence-electron chi connectivity index (χ1n) is 9.48. The Morgan fingerprint density at radius 1 is 1.03 bits per heavy atom.